The molecule has 7 heteroatoms. The monoisotopic (exact) mass is 189 g/mol. The highest BCUT2D eigenvalue weighted by Crippen LogP contribution is 2.27. The maximum absolute atomic E-state index is 9.41. The third kappa shape index (κ3) is 5.32. The van der Waals surface area contributed by atoms with Crippen molar-refractivity contribution in [2.75, 3.05) is 12.2 Å². The molecular formula is C3H7ClO5P-. The molecule has 0 aliphatic carbocycles. The van der Waals surface area contributed by atoms with Gasteiger partial charge in [-0.3, -0.25) is 0 Å². The first-order valence-corrected chi connectivity index (χ1v) is 4.26. The van der Waals surface area contributed by atoms with Crippen molar-refractivity contribution in [2.24, 2.45) is 0 Å². The van der Waals surface area contributed by atoms with Crippen LogP contribution < -0.4 is 5.26 Å². The molecule has 0 spiro atoms. The molecule has 2 unspecified atom stereocenters. The lowest BCUT2D eigenvalue weighted by Crippen LogP contribution is -2.14. The van der Waals surface area contributed by atoms with Crippen LogP contribution in [-0.2, 0) is 9.41 Å². The van der Waals surface area contributed by atoms with Crippen LogP contribution in [0.2, 0.25) is 0 Å². The Morgan fingerprint density at radius 2 is 2.30 bits per heavy atom. The maximum atomic E-state index is 9.41. The molecule has 0 saturated carbocycles. The minimum atomic E-state index is -2.11. The van der Waals surface area contributed by atoms with E-state index in [4.69, 9.17) is 21.6 Å². The molecular weight excluding hydrogens is 182 g/mol. The minimum Gasteiger partial charge on any atom is -0.718 e. The first-order valence-electron chi connectivity index (χ1n) is 2.32. The van der Waals surface area contributed by atoms with Gasteiger partial charge in [-0.05, 0) is 0 Å². The fraction of sp³-hybridized carbons (Fsp3) is 1.00. The second kappa shape index (κ2) is 6.24. The molecule has 0 rings (SSSR count). The summed E-state index contributed by atoms with van der Waals surface area (Å²) in [6.07, 6.45) is -1.49. The van der Waals surface area contributed by atoms with Gasteiger partial charge in [-0.1, -0.05) is 0 Å². The van der Waals surface area contributed by atoms with E-state index in [-0.39, 0.29) is 12.2 Å². The Balaban J connectivity index is 3.17. The zero-order valence-electron chi connectivity index (χ0n) is 4.94. The van der Waals surface area contributed by atoms with Gasteiger partial charge in [0.15, 0.2) is 14.7 Å². The zero-order valence-corrected chi connectivity index (χ0v) is 6.59. The van der Waals surface area contributed by atoms with Gasteiger partial charge in [-0.25, -0.2) is 0 Å². The van der Waals surface area contributed by atoms with E-state index in [0.717, 1.165) is 0 Å². The predicted octanol–water partition coefficient (Wildman–Crippen LogP) is -0.886. The summed E-state index contributed by atoms with van der Waals surface area (Å²) in [6, 6.07) is 0. The second-order valence-electron chi connectivity index (χ2n) is 1.33. The van der Waals surface area contributed by atoms with E-state index in [0.29, 0.717) is 0 Å². The number of rotatable bonds is 5. The summed E-state index contributed by atoms with van der Waals surface area (Å²) in [7, 11) is -2.11. The van der Waals surface area contributed by atoms with Gasteiger partial charge in [0.25, 0.3) is 0 Å². The Kier molecular flexibility index (Phi) is 6.57. The fourth-order valence-corrected chi connectivity index (χ4v) is 0.648. The molecule has 0 aromatic carbocycles. The van der Waals surface area contributed by atoms with Gasteiger partial charge in [0.1, 0.15) is 6.35 Å². The van der Waals surface area contributed by atoms with Crippen molar-refractivity contribution >= 4 is 20.0 Å². The average molecular weight is 190 g/mol. The fourth-order valence-electron chi connectivity index (χ4n) is 0.216. The zero-order chi connectivity index (χ0) is 7.98. The third-order valence-corrected chi connectivity index (χ3v) is 1.40. The van der Waals surface area contributed by atoms with E-state index in [1.54, 1.807) is 0 Å². The van der Waals surface area contributed by atoms with Crippen molar-refractivity contribution in [3.8, 4) is 0 Å². The van der Waals surface area contributed by atoms with Crippen LogP contribution in [0.5, 0.6) is 0 Å². The topological polar surface area (TPSA) is 82.0 Å². The molecule has 10 heavy (non-hydrogen) atoms. The first kappa shape index (κ1) is 10.5. The Labute approximate surface area is 64.0 Å². The first-order chi connectivity index (χ1) is 4.70. The van der Waals surface area contributed by atoms with Crippen LogP contribution in [0.1, 0.15) is 0 Å². The molecule has 62 valence electrons. The lowest BCUT2D eigenvalue weighted by molar-refractivity contribution is -0.637. The van der Waals surface area contributed by atoms with Crippen molar-refractivity contribution in [3.05, 3.63) is 0 Å². The Bertz CT molecular complexity index is 73.3. The summed E-state index contributed by atoms with van der Waals surface area (Å²) in [5, 5.41) is 18.0. The van der Waals surface area contributed by atoms with Crippen molar-refractivity contribution in [1.29, 1.82) is 0 Å². The van der Waals surface area contributed by atoms with Gasteiger partial charge in [0.05, 0.1) is 5.88 Å². The minimum absolute atomic E-state index is 0.109. The number of aliphatic hydroxyl groups excluding tert-OH is 1. The van der Waals surface area contributed by atoms with E-state index in [9.17, 15) is 5.26 Å². The average Bonchev–Trinajstić information content (AvgIpc) is 1.99. The quantitative estimate of drug-likeness (QED) is 0.193. The van der Waals surface area contributed by atoms with Crippen LogP contribution in [0.3, 0.4) is 0 Å². The second-order valence-corrected chi connectivity index (χ2v) is 2.75. The Morgan fingerprint density at radius 3 is 2.70 bits per heavy atom. The predicted molar refractivity (Wildman–Crippen MR) is 32.9 cm³/mol. The number of halogens is 1. The van der Waals surface area contributed by atoms with Crippen LogP contribution >= 0.6 is 20.0 Å². The van der Waals surface area contributed by atoms with Crippen molar-refractivity contribution in [3.63, 3.8) is 0 Å². The molecule has 0 aromatic heterocycles. The van der Waals surface area contributed by atoms with E-state index in [1.165, 1.54) is 0 Å². The summed E-state index contributed by atoms with van der Waals surface area (Å²) < 4.78 is 7.66. The normalized spacial score (nSPS) is 16.8. The number of hydrogen-bond donors (Lipinski definition) is 2. The summed E-state index contributed by atoms with van der Waals surface area (Å²) in [5.41, 5.74) is 0. The Hall–Kier alpha value is 0.520. The lowest BCUT2D eigenvalue weighted by Gasteiger charge is -2.15. The van der Waals surface area contributed by atoms with E-state index in [2.05, 4.69) is 9.41 Å². The van der Waals surface area contributed by atoms with Gasteiger partial charge in [-0.2, -0.15) is 0 Å². The SMILES string of the molecule is [O-]OP(O)COC(O)CCl. The lowest BCUT2D eigenvalue weighted by atomic mass is 10.8. The third-order valence-electron chi connectivity index (χ3n) is 0.595. The molecule has 0 amide bonds. The molecule has 0 bridgehead atoms. The number of alkyl halides is 1. The van der Waals surface area contributed by atoms with Crippen LogP contribution in [0, 0.1) is 0 Å². The molecule has 0 aliphatic rings. The molecule has 0 radical (unpaired) electrons. The highest BCUT2D eigenvalue weighted by atomic mass is 35.5. The van der Waals surface area contributed by atoms with Crippen LogP contribution in [0.4, 0.5) is 0 Å². The number of hydrogen-bond acceptors (Lipinski definition) is 5. The van der Waals surface area contributed by atoms with E-state index >= 15 is 0 Å². The van der Waals surface area contributed by atoms with Crippen molar-refractivity contribution < 1.29 is 24.7 Å². The summed E-state index contributed by atoms with van der Waals surface area (Å²) >= 11 is 5.11. The standard InChI is InChI=1S/C3H8ClO5P/c4-1-3(5)8-2-10(7)9-6/h3,5-7H,1-2H2/p-1. The Morgan fingerprint density at radius 1 is 1.70 bits per heavy atom. The molecule has 0 aliphatic heterocycles. The highest BCUT2D eigenvalue weighted by Gasteiger charge is 2.05. The molecule has 0 aromatic rings. The smallest absolute Gasteiger partial charge is 0.186 e. The maximum Gasteiger partial charge on any atom is 0.186 e. The highest BCUT2D eigenvalue weighted by molar-refractivity contribution is 7.45. The number of ether oxygens (including phenoxy) is 1. The summed E-state index contributed by atoms with van der Waals surface area (Å²) in [4.78, 5) is 8.45. The molecule has 2 atom stereocenters. The number of aliphatic hydroxyl groups is 1. The van der Waals surface area contributed by atoms with E-state index in [1.807, 2.05) is 0 Å². The molecule has 0 heterocycles. The van der Waals surface area contributed by atoms with Gasteiger partial charge in [0, 0.05) is 0 Å². The van der Waals surface area contributed by atoms with Gasteiger partial charge >= 0.3 is 0 Å². The van der Waals surface area contributed by atoms with Gasteiger partial charge in [0.2, 0.25) is 0 Å². The summed E-state index contributed by atoms with van der Waals surface area (Å²) in [5.74, 6) is -0.109. The van der Waals surface area contributed by atoms with Crippen LogP contribution in [0.25, 0.3) is 0 Å². The van der Waals surface area contributed by atoms with E-state index < -0.39 is 14.7 Å². The van der Waals surface area contributed by atoms with Crippen molar-refractivity contribution in [2.45, 2.75) is 6.29 Å². The van der Waals surface area contributed by atoms with Crippen LogP contribution in [-0.4, -0.2) is 28.5 Å². The summed E-state index contributed by atoms with van der Waals surface area (Å²) in [6.45, 7) is 0. The molecule has 2 N–H and O–H groups in total. The molecule has 0 fully saturated rings. The molecule has 5 nitrogen and oxygen atoms in total. The van der Waals surface area contributed by atoms with Crippen molar-refractivity contribution in [1.82, 2.24) is 0 Å². The largest absolute Gasteiger partial charge is 0.718 e. The van der Waals surface area contributed by atoms with Gasteiger partial charge < -0.3 is 24.7 Å². The molecule has 0 saturated heterocycles. The van der Waals surface area contributed by atoms with Gasteiger partial charge in [-0.15, -0.1) is 11.6 Å². The van der Waals surface area contributed by atoms with Crippen LogP contribution in [0.15, 0.2) is 0 Å².